The number of carbonyl (C=O) groups excluding carboxylic acids is 3. The smallest absolute Gasteiger partial charge is 0.332 e. The van der Waals surface area contributed by atoms with Crippen molar-refractivity contribution in [3.05, 3.63) is 59.3 Å². The first-order chi connectivity index (χ1) is 26.6. The third-order valence-corrected chi connectivity index (χ3v) is 12.3. The SMILES string of the molecule is COc1cccc(OC)c1-c1cc(C(=O)NC2(C(=O)OCC[N+](C)(C)C)C3CC4CC(C3)CC2C4)nn1-c1ccc(C(=O)N(C)CCCN(C)C)cc1C(C)C. The summed E-state index contributed by atoms with van der Waals surface area (Å²) in [6, 6.07) is 13.0. The van der Waals surface area contributed by atoms with Crippen LogP contribution in [0.15, 0.2) is 42.5 Å². The van der Waals surface area contributed by atoms with Crippen molar-refractivity contribution >= 4 is 17.8 Å². The minimum absolute atomic E-state index is 0.00324. The van der Waals surface area contributed by atoms with E-state index in [1.807, 2.05) is 57.5 Å². The van der Waals surface area contributed by atoms with Crippen molar-refractivity contribution in [1.29, 1.82) is 0 Å². The number of hydrogen-bond donors (Lipinski definition) is 1. The molecule has 2 aromatic carbocycles. The highest BCUT2D eigenvalue weighted by atomic mass is 16.5. The van der Waals surface area contributed by atoms with Crippen LogP contribution in [0.5, 0.6) is 11.5 Å². The fourth-order valence-corrected chi connectivity index (χ4v) is 9.55. The van der Waals surface area contributed by atoms with Crippen LogP contribution in [0.1, 0.15) is 84.7 Å². The van der Waals surface area contributed by atoms with Gasteiger partial charge in [0, 0.05) is 19.2 Å². The van der Waals surface area contributed by atoms with Crippen molar-refractivity contribution in [2.75, 3.05) is 82.7 Å². The molecule has 0 radical (unpaired) electrons. The quantitative estimate of drug-likeness (QED) is 0.142. The second-order valence-electron chi connectivity index (χ2n) is 18.0. The van der Waals surface area contributed by atoms with Crippen molar-refractivity contribution < 1.29 is 33.1 Å². The molecule has 304 valence electrons. The van der Waals surface area contributed by atoms with E-state index < -0.39 is 11.4 Å². The summed E-state index contributed by atoms with van der Waals surface area (Å²) in [7, 11) is 15.3. The lowest BCUT2D eigenvalue weighted by Gasteiger charge is -2.59. The van der Waals surface area contributed by atoms with Crippen molar-refractivity contribution in [2.24, 2.45) is 23.7 Å². The predicted molar refractivity (Wildman–Crippen MR) is 217 cm³/mol. The van der Waals surface area contributed by atoms with Gasteiger partial charge in [-0.25, -0.2) is 9.48 Å². The van der Waals surface area contributed by atoms with Crippen LogP contribution in [0.4, 0.5) is 0 Å². The van der Waals surface area contributed by atoms with Crippen LogP contribution >= 0.6 is 0 Å². The van der Waals surface area contributed by atoms with Crippen LogP contribution in [0, 0.1) is 23.7 Å². The summed E-state index contributed by atoms with van der Waals surface area (Å²) in [5.41, 5.74) is 2.44. The molecule has 3 aromatic rings. The molecule has 4 fully saturated rings. The zero-order chi connectivity index (χ0) is 40.5. The summed E-state index contributed by atoms with van der Waals surface area (Å²) < 4.78 is 20.2. The number of likely N-dealkylation sites (N-methyl/N-ethyl adjacent to an activating group) is 1. The van der Waals surface area contributed by atoms with E-state index >= 15 is 0 Å². The number of amides is 2. The molecule has 1 aromatic heterocycles. The molecule has 4 bridgehead atoms. The largest absolute Gasteiger partial charge is 0.496 e. The molecule has 7 rings (SSSR count). The van der Waals surface area contributed by atoms with Crippen LogP contribution < -0.4 is 14.8 Å². The Balaban J connectivity index is 1.42. The summed E-state index contributed by atoms with van der Waals surface area (Å²) in [5.74, 6) is 1.46. The Labute approximate surface area is 333 Å². The molecule has 12 nitrogen and oxygen atoms in total. The topological polar surface area (TPSA) is 115 Å². The molecule has 56 heavy (non-hydrogen) atoms. The standard InChI is InChI=1S/C44H62N6O6/c1-28(2)34-26-31(42(52)48(5)18-12-17-47(3)4)15-16-36(34)49-37(40-38(54-9)13-11-14-39(40)55-10)27-35(46-49)41(51)45-44(43(53)56-20-19-50(6,7)8)32-22-29-21-30(24-32)25-33(44)23-29/h11,13-16,26-30,32-33H,12,17-25H2,1-10H3/p+1. The van der Waals surface area contributed by atoms with Gasteiger partial charge < -0.3 is 33.8 Å². The Morgan fingerprint density at radius 2 is 1.54 bits per heavy atom. The van der Waals surface area contributed by atoms with Crippen molar-refractivity contribution in [3.63, 3.8) is 0 Å². The molecule has 0 aliphatic heterocycles. The van der Waals surface area contributed by atoms with Crippen LogP contribution in [0.2, 0.25) is 0 Å². The summed E-state index contributed by atoms with van der Waals surface area (Å²) in [5, 5.41) is 8.35. The molecule has 1 N–H and O–H groups in total. The van der Waals surface area contributed by atoms with Gasteiger partial charge in [-0.15, -0.1) is 0 Å². The molecule has 2 amide bonds. The van der Waals surface area contributed by atoms with Gasteiger partial charge in [-0.2, -0.15) is 5.10 Å². The van der Waals surface area contributed by atoms with Gasteiger partial charge in [0.1, 0.15) is 30.2 Å². The predicted octanol–water partition coefficient (Wildman–Crippen LogP) is 5.88. The van der Waals surface area contributed by atoms with Gasteiger partial charge in [-0.3, -0.25) is 9.59 Å². The van der Waals surface area contributed by atoms with E-state index in [4.69, 9.17) is 19.3 Å². The zero-order valence-electron chi connectivity index (χ0n) is 35.2. The van der Waals surface area contributed by atoms with Gasteiger partial charge in [-0.1, -0.05) is 19.9 Å². The first-order valence-electron chi connectivity index (χ1n) is 20.2. The van der Waals surface area contributed by atoms with E-state index in [1.54, 1.807) is 29.9 Å². The van der Waals surface area contributed by atoms with E-state index in [9.17, 15) is 14.4 Å². The molecule has 0 spiro atoms. The van der Waals surface area contributed by atoms with E-state index in [1.165, 1.54) is 6.42 Å². The molecule has 0 atom stereocenters. The minimum Gasteiger partial charge on any atom is -0.496 e. The van der Waals surface area contributed by atoms with Gasteiger partial charge in [0.05, 0.1) is 52.3 Å². The van der Waals surface area contributed by atoms with E-state index in [2.05, 4.69) is 45.2 Å². The third kappa shape index (κ3) is 8.32. The van der Waals surface area contributed by atoms with E-state index in [0.717, 1.165) is 49.9 Å². The maximum absolute atomic E-state index is 14.8. The lowest BCUT2D eigenvalue weighted by Crippen LogP contribution is -2.70. The van der Waals surface area contributed by atoms with Crippen LogP contribution in [-0.2, 0) is 9.53 Å². The maximum atomic E-state index is 14.8. The normalized spacial score (nSPS) is 22.7. The van der Waals surface area contributed by atoms with Gasteiger partial charge in [0.25, 0.3) is 11.8 Å². The summed E-state index contributed by atoms with van der Waals surface area (Å²) in [6.07, 6.45) is 5.70. The lowest BCUT2D eigenvalue weighted by molar-refractivity contribution is -0.870. The molecular formula is C44H63N6O6+. The van der Waals surface area contributed by atoms with E-state index in [0.29, 0.717) is 57.7 Å². The maximum Gasteiger partial charge on any atom is 0.332 e. The molecule has 4 saturated carbocycles. The van der Waals surface area contributed by atoms with Crippen molar-refractivity contribution in [1.82, 2.24) is 24.9 Å². The lowest BCUT2D eigenvalue weighted by atomic mass is 9.48. The highest BCUT2D eigenvalue weighted by Crippen LogP contribution is 2.58. The Hall–Kier alpha value is -4.42. The van der Waals surface area contributed by atoms with E-state index in [-0.39, 0.29) is 41.9 Å². The first kappa shape index (κ1) is 41.2. The third-order valence-electron chi connectivity index (χ3n) is 12.3. The second kappa shape index (κ2) is 16.6. The fraction of sp³-hybridized carbons (Fsp3) is 0.591. The van der Waals surface area contributed by atoms with Crippen LogP contribution in [-0.4, -0.2) is 130 Å². The highest BCUT2D eigenvalue weighted by molar-refractivity contribution is 5.99. The number of quaternary nitrogens is 1. The molecule has 4 aliphatic carbocycles. The summed E-state index contributed by atoms with van der Waals surface area (Å²) >= 11 is 0. The van der Waals surface area contributed by atoms with Crippen molar-refractivity contribution in [3.8, 4) is 28.4 Å². The molecule has 4 aliphatic rings. The van der Waals surface area contributed by atoms with Crippen LogP contribution in [0.3, 0.4) is 0 Å². The highest BCUT2D eigenvalue weighted by Gasteiger charge is 2.63. The molecule has 0 unspecified atom stereocenters. The molecule has 0 saturated heterocycles. The van der Waals surface area contributed by atoms with Gasteiger partial charge in [0.2, 0.25) is 0 Å². The Bertz CT molecular complexity index is 1860. The summed E-state index contributed by atoms with van der Waals surface area (Å²) in [4.78, 5) is 46.7. The van der Waals surface area contributed by atoms with Crippen LogP contribution in [0.25, 0.3) is 16.9 Å². The molecule has 1 heterocycles. The molecule has 12 heteroatoms. The number of hydrogen-bond acceptors (Lipinski definition) is 8. The number of methoxy groups -OCH3 is 2. The number of nitrogens with zero attached hydrogens (tertiary/aromatic N) is 5. The molecular weight excluding hydrogens is 709 g/mol. The monoisotopic (exact) mass is 771 g/mol. The first-order valence-corrected chi connectivity index (χ1v) is 20.2. The minimum atomic E-state index is -1.12. The Morgan fingerprint density at radius 3 is 2.09 bits per heavy atom. The zero-order valence-corrected chi connectivity index (χ0v) is 35.2. The van der Waals surface area contributed by atoms with Gasteiger partial charge in [-0.05, 0) is 131 Å². The van der Waals surface area contributed by atoms with Gasteiger partial charge in [0.15, 0.2) is 5.69 Å². The number of esters is 1. The number of carbonyl (C=O) groups is 3. The number of aromatic nitrogens is 2. The number of nitrogens with one attached hydrogen (secondary N) is 1. The Morgan fingerprint density at radius 1 is 0.911 bits per heavy atom. The summed E-state index contributed by atoms with van der Waals surface area (Å²) in [6.45, 7) is 6.63. The average Bonchev–Trinajstić information content (AvgIpc) is 3.59. The number of benzene rings is 2. The second-order valence-corrected chi connectivity index (χ2v) is 18.0. The average molecular weight is 772 g/mol. The van der Waals surface area contributed by atoms with Crippen molar-refractivity contribution in [2.45, 2.75) is 63.8 Å². The number of ether oxygens (including phenoxy) is 3. The fourth-order valence-electron chi connectivity index (χ4n) is 9.55. The Kier molecular flexibility index (Phi) is 12.2. The number of rotatable bonds is 16. The van der Waals surface area contributed by atoms with Gasteiger partial charge >= 0.3 is 5.97 Å².